The summed E-state index contributed by atoms with van der Waals surface area (Å²) in [5.41, 5.74) is 1.03. The number of imidazole rings is 1. The average Bonchev–Trinajstić information content (AvgIpc) is 3.21. The smallest absolute Gasteiger partial charge is 0.408 e. The fourth-order valence-corrected chi connectivity index (χ4v) is 3.99. The van der Waals surface area contributed by atoms with Gasteiger partial charge in [0, 0.05) is 24.4 Å². The van der Waals surface area contributed by atoms with Crippen LogP contribution in [0, 0.1) is 0 Å². The lowest BCUT2D eigenvalue weighted by Crippen LogP contribution is -2.46. The van der Waals surface area contributed by atoms with Gasteiger partial charge in [0.25, 0.3) is 0 Å². The van der Waals surface area contributed by atoms with Crippen LogP contribution in [0.4, 0.5) is 10.7 Å². The van der Waals surface area contributed by atoms with Crippen LogP contribution in [0.3, 0.4) is 0 Å². The fraction of sp³-hybridized carbons (Fsp3) is 0.517. The first-order valence-corrected chi connectivity index (χ1v) is 13.3. The van der Waals surface area contributed by atoms with Crippen molar-refractivity contribution in [2.24, 2.45) is 0 Å². The third kappa shape index (κ3) is 8.75. The van der Waals surface area contributed by atoms with E-state index >= 15 is 0 Å². The number of carbonyl (C=O) groups excluding carboxylic acids is 2. The van der Waals surface area contributed by atoms with Crippen LogP contribution in [-0.4, -0.2) is 64.6 Å². The monoisotopic (exact) mass is 555 g/mol. The van der Waals surface area contributed by atoms with Crippen LogP contribution in [0.5, 0.6) is 11.5 Å². The number of anilines is 1. The van der Waals surface area contributed by atoms with Crippen LogP contribution in [-0.2, 0) is 20.8 Å². The number of fused-ring (bicyclic) bond motifs is 1. The van der Waals surface area contributed by atoms with Crippen molar-refractivity contribution in [3.8, 4) is 11.5 Å². The molecule has 0 saturated heterocycles. The van der Waals surface area contributed by atoms with Gasteiger partial charge in [-0.05, 0) is 78.6 Å². The van der Waals surface area contributed by atoms with Gasteiger partial charge in [-0.1, -0.05) is 0 Å². The number of benzene rings is 1. The minimum absolute atomic E-state index is 0.339. The highest BCUT2D eigenvalue weighted by Crippen LogP contribution is 2.28. The zero-order chi connectivity index (χ0) is 29.5. The van der Waals surface area contributed by atoms with Crippen molar-refractivity contribution in [3.05, 3.63) is 42.1 Å². The summed E-state index contributed by atoms with van der Waals surface area (Å²) in [5.74, 6) is 1.52. The first-order valence-electron chi connectivity index (χ1n) is 13.3. The molecule has 218 valence electrons. The molecule has 11 heteroatoms. The normalized spacial score (nSPS) is 12.5. The Labute approximate surface area is 235 Å². The molecular weight excluding hydrogens is 514 g/mol. The Kier molecular flexibility index (Phi) is 9.83. The van der Waals surface area contributed by atoms with Gasteiger partial charge in [-0.15, -0.1) is 0 Å². The van der Waals surface area contributed by atoms with Gasteiger partial charge >= 0.3 is 12.1 Å². The Morgan fingerprint density at radius 1 is 1.00 bits per heavy atom. The standard InChI is InChI=1S/C29H41N5O6/c1-28(2,3)39-25(35)21(32-27(36)40-29(4,5)6)11-9-16-31-26-33-24-22(12-10-15-30-24)34(26)18-19-13-14-20(37-7)17-23(19)38-8/h10,12-15,17,21H,9,11,16,18H2,1-8H3,(H,32,36)(H,30,31,33)/t21-/m0/s1. The average molecular weight is 556 g/mol. The highest BCUT2D eigenvalue weighted by atomic mass is 16.6. The van der Waals surface area contributed by atoms with E-state index in [4.69, 9.17) is 18.9 Å². The van der Waals surface area contributed by atoms with Gasteiger partial charge in [-0.3, -0.25) is 0 Å². The number of hydrogen-bond donors (Lipinski definition) is 2. The summed E-state index contributed by atoms with van der Waals surface area (Å²) in [7, 11) is 3.24. The molecule has 11 nitrogen and oxygen atoms in total. The van der Waals surface area contributed by atoms with E-state index in [0.29, 0.717) is 49.0 Å². The summed E-state index contributed by atoms with van der Waals surface area (Å²) < 4.78 is 23.8. The molecule has 3 aromatic rings. The maximum Gasteiger partial charge on any atom is 0.408 e. The van der Waals surface area contributed by atoms with Crippen molar-refractivity contribution in [3.63, 3.8) is 0 Å². The minimum Gasteiger partial charge on any atom is -0.497 e. The Hall–Kier alpha value is -4.02. The molecule has 2 aromatic heterocycles. The van der Waals surface area contributed by atoms with Crippen LogP contribution >= 0.6 is 0 Å². The van der Waals surface area contributed by atoms with Crippen LogP contribution < -0.4 is 20.1 Å². The number of rotatable bonds is 11. The quantitative estimate of drug-likeness (QED) is 0.250. The second-order valence-corrected chi connectivity index (χ2v) is 11.3. The number of alkyl carbamates (subject to hydrolysis) is 1. The molecule has 0 bridgehead atoms. The van der Waals surface area contributed by atoms with E-state index in [9.17, 15) is 9.59 Å². The van der Waals surface area contributed by atoms with Crippen molar-refractivity contribution in [2.75, 3.05) is 26.1 Å². The van der Waals surface area contributed by atoms with Gasteiger partial charge in [0.1, 0.15) is 28.7 Å². The van der Waals surface area contributed by atoms with E-state index in [2.05, 4.69) is 20.6 Å². The molecule has 0 saturated carbocycles. The van der Waals surface area contributed by atoms with E-state index in [1.54, 1.807) is 62.0 Å². The number of aromatic nitrogens is 3. The molecule has 40 heavy (non-hydrogen) atoms. The number of methoxy groups -OCH3 is 2. The maximum atomic E-state index is 12.8. The highest BCUT2D eigenvalue weighted by molar-refractivity contribution is 5.81. The van der Waals surface area contributed by atoms with Crippen LogP contribution in [0.1, 0.15) is 59.9 Å². The van der Waals surface area contributed by atoms with Gasteiger partial charge in [-0.25, -0.2) is 14.6 Å². The zero-order valence-corrected chi connectivity index (χ0v) is 24.7. The summed E-state index contributed by atoms with van der Waals surface area (Å²) in [6.07, 6.45) is 1.91. The maximum absolute atomic E-state index is 12.8. The molecule has 0 unspecified atom stereocenters. The largest absolute Gasteiger partial charge is 0.497 e. The molecule has 0 radical (unpaired) electrons. The van der Waals surface area contributed by atoms with Crippen molar-refractivity contribution in [1.29, 1.82) is 0 Å². The first-order chi connectivity index (χ1) is 18.8. The summed E-state index contributed by atoms with van der Waals surface area (Å²) in [6, 6.07) is 8.64. The van der Waals surface area contributed by atoms with Crippen molar-refractivity contribution < 1.29 is 28.5 Å². The van der Waals surface area contributed by atoms with E-state index in [0.717, 1.165) is 11.1 Å². The van der Waals surface area contributed by atoms with Gasteiger partial charge < -0.3 is 34.1 Å². The lowest BCUT2D eigenvalue weighted by atomic mass is 10.1. The summed E-state index contributed by atoms with van der Waals surface area (Å²) in [6.45, 7) is 11.6. The lowest BCUT2D eigenvalue weighted by molar-refractivity contribution is -0.157. The van der Waals surface area contributed by atoms with Crippen LogP contribution in [0.2, 0.25) is 0 Å². The highest BCUT2D eigenvalue weighted by Gasteiger charge is 2.28. The molecule has 2 N–H and O–H groups in total. The number of esters is 1. The SMILES string of the molecule is COc1ccc(Cn2c(NCCC[C@H](NC(=O)OC(C)(C)C)C(=O)OC(C)(C)C)nc3ncccc32)c(OC)c1. The molecular formula is C29H41N5O6. The van der Waals surface area contributed by atoms with Gasteiger partial charge in [0.2, 0.25) is 5.95 Å². The van der Waals surface area contributed by atoms with Gasteiger partial charge in [0.15, 0.2) is 5.65 Å². The fourth-order valence-electron chi connectivity index (χ4n) is 3.99. The lowest BCUT2D eigenvalue weighted by Gasteiger charge is -2.26. The third-order valence-electron chi connectivity index (χ3n) is 5.68. The van der Waals surface area contributed by atoms with Crippen molar-refractivity contribution in [1.82, 2.24) is 19.9 Å². The number of nitrogens with one attached hydrogen (secondary N) is 2. The molecule has 0 spiro atoms. The molecule has 0 fully saturated rings. The van der Waals surface area contributed by atoms with Gasteiger partial charge in [0.05, 0.1) is 26.3 Å². The number of carbonyl (C=O) groups is 2. The first kappa shape index (κ1) is 30.5. The zero-order valence-electron chi connectivity index (χ0n) is 24.7. The molecule has 0 aliphatic rings. The Morgan fingerprint density at radius 3 is 2.38 bits per heavy atom. The predicted octanol–water partition coefficient (Wildman–Crippen LogP) is 4.92. The number of amides is 1. The Bertz CT molecular complexity index is 1310. The number of nitrogens with zero attached hydrogens (tertiary/aromatic N) is 3. The topological polar surface area (TPSA) is 126 Å². The predicted molar refractivity (Wildman–Crippen MR) is 153 cm³/mol. The van der Waals surface area contributed by atoms with Crippen molar-refractivity contribution >= 4 is 29.2 Å². The van der Waals surface area contributed by atoms with E-state index in [1.165, 1.54) is 0 Å². The summed E-state index contributed by atoms with van der Waals surface area (Å²) in [5, 5.41) is 6.03. The third-order valence-corrected chi connectivity index (χ3v) is 5.68. The van der Waals surface area contributed by atoms with E-state index < -0.39 is 29.3 Å². The molecule has 0 aliphatic heterocycles. The Morgan fingerprint density at radius 2 is 1.73 bits per heavy atom. The molecule has 1 atom stereocenters. The molecule has 0 aliphatic carbocycles. The van der Waals surface area contributed by atoms with Crippen LogP contribution in [0.25, 0.3) is 11.2 Å². The van der Waals surface area contributed by atoms with E-state index in [1.807, 2.05) is 34.9 Å². The molecule has 2 heterocycles. The number of hydrogen-bond acceptors (Lipinski definition) is 9. The van der Waals surface area contributed by atoms with Crippen LogP contribution in [0.15, 0.2) is 36.5 Å². The number of ether oxygens (including phenoxy) is 4. The summed E-state index contributed by atoms with van der Waals surface area (Å²) >= 11 is 0. The molecule has 1 amide bonds. The molecule has 3 rings (SSSR count). The van der Waals surface area contributed by atoms with Crippen molar-refractivity contribution in [2.45, 2.75) is 78.2 Å². The Balaban J connectivity index is 1.74. The van der Waals surface area contributed by atoms with E-state index in [-0.39, 0.29) is 0 Å². The second kappa shape index (κ2) is 12.9. The second-order valence-electron chi connectivity index (χ2n) is 11.3. The number of pyridine rings is 1. The minimum atomic E-state index is -0.861. The molecule has 1 aromatic carbocycles. The van der Waals surface area contributed by atoms with Gasteiger partial charge in [-0.2, -0.15) is 4.98 Å². The summed E-state index contributed by atoms with van der Waals surface area (Å²) in [4.78, 5) is 34.3.